The maximum Gasteiger partial charge on any atom is 0.250 e. The monoisotopic (exact) mass is 177 g/mol. The average molecular weight is 177 g/mol. The second-order valence-electron chi connectivity index (χ2n) is 2.13. The molecule has 1 rings (SSSR count). The van der Waals surface area contributed by atoms with E-state index in [2.05, 4.69) is 9.97 Å². The Morgan fingerprint density at radius 3 is 2.91 bits per heavy atom. The third kappa shape index (κ3) is 4.17. The summed E-state index contributed by atoms with van der Waals surface area (Å²) in [5, 5.41) is 0. The van der Waals surface area contributed by atoms with E-state index in [9.17, 15) is 4.79 Å². The van der Waals surface area contributed by atoms with Gasteiger partial charge in [-0.05, 0) is 6.42 Å². The zero-order valence-electron chi connectivity index (χ0n) is 6.92. The summed E-state index contributed by atoms with van der Waals surface area (Å²) >= 11 is 0. The van der Waals surface area contributed by atoms with Crippen LogP contribution in [0.25, 0.3) is 0 Å². The van der Waals surface area contributed by atoms with Crippen molar-refractivity contribution in [3.05, 3.63) is 28.4 Å². The Labute approximate surface area is 108 Å². The van der Waals surface area contributed by atoms with Gasteiger partial charge in [-0.2, -0.15) is 0 Å². The number of hydrogen-bond donors (Lipinski definition) is 1. The summed E-state index contributed by atoms with van der Waals surface area (Å²) in [7, 11) is 0. The summed E-state index contributed by atoms with van der Waals surface area (Å²) in [6.07, 6.45) is 3.38. The molecule has 0 atom stereocenters. The number of H-pyrrole nitrogens is 1. The van der Waals surface area contributed by atoms with Crippen LogP contribution in [0.4, 0.5) is 0 Å². The van der Waals surface area contributed by atoms with Crippen LogP contribution in [-0.2, 0) is 6.42 Å². The van der Waals surface area contributed by atoms with E-state index >= 15 is 0 Å². The molecule has 11 heavy (non-hydrogen) atoms. The van der Waals surface area contributed by atoms with E-state index in [0.29, 0.717) is 0 Å². The smallest absolute Gasteiger partial charge is 0.250 e. The van der Waals surface area contributed by atoms with Crippen molar-refractivity contribution in [2.75, 3.05) is 0 Å². The Kier molecular flexibility index (Phi) is 6.36. The van der Waals surface area contributed by atoms with Crippen molar-refractivity contribution >= 4 is 51.4 Å². The van der Waals surface area contributed by atoms with Gasteiger partial charge in [0.05, 0.1) is 0 Å². The Hall–Kier alpha value is 0.516. The van der Waals surface area contributed by atoms with Crippen molar-refractivity contribution in [2.45, 2.75) is 19.8 Å². The van der Waals surface area contributed by atoms with Gasteiger partial charge < -0.3 is 4.98 Å². The van der Waals surface area contributed by atoms with Crippen LogP contribution < -0.4 is 5.56 Å². The molecule has 1 heterocycles. The first-order valence-corrected chi connectivity index (χ1v) is 3.37. The molecule has 1 aromatic heterocycles. The van der Waals surface area contributed by atoms with Gasteiger partial charge in [0.1, 0.15) is 5.82 Å². The van der Waals surface area contributed by atoms with Crippen molar-refractivity contribution < 1.29 is 0 Å². The van der Waals surface area contributed by atoms with Crippen LogP contribution in [0.3, 0.4) is 0 Å². The summed E-state index contributed by atoms with van der Waals surface area (Å²) in [4.78, 5) is 17.3. The maximum absolute atomic E-state index is 10.7. The van der Waals surface area contributed by atoms with E-state index in [1.807, 2.05) is 6.92 Å². The molecule has 0 spiro atoms. The molecule has 0 aliphatic rings. The van der Waals surface area contributed by atoms with Gasteiger partial charge in [-0.15, -0.1) is 0 Å². The third-order valence-electron chi connectivity index (χ3n) is 1.21. The Morgan fingerprint density at radius 2 is 2.36 bits per heavy atom. The van der Waals surface area contributed by atoms with Crippen molar-refractivity contribution in [3.63, 3.8) is 0 Å². The Bertz CT molecular complexity index is 259. The molecule has 0 aromatic carbocycles. The SMILES string of the molecule is CCCc1nccc(=O)[nH]1.[K]. The number of nitrogens with zero attached hydrogens (tertiary/aromatic N) is 1. The maximum atomic E-state index is 10.7. The molecule has 0 unspecified atom stereocenters. The zero-order valence-corrected chi connectivity index (χ0v) is 10.0. The topological polar surface area (TPSA) is 45.8 Å². The fourth-order valence-electron chi connectivity index (χ4n) is 0.775. The average Bonchev–Trinajstić information content (AvgIpc) is 1.88. The summed E-state index contributed by atoms with van der Waals surface area (Å²) in [5.41, 5.74) is -0.0709. The van der Waals surface area contributed by atoms with E-state index in [4.69, 9.17) is 0 Å². The first-order valence-electron chi connectivity index (χ1n) is 3.37. The number of hydrogen-bond acceptors (Lipinski definition) is 2. The number of aromatic amines is 1. The molecule has 0 aliphatic heterocycles. The predicted molar refractivity (Wildman–Crippen MR) is 44.6 cm³/mol. The number of nitrogens with one attached hydrogen (secondary N) is 1. The van der Waals surface area contributed by atoms with Gasteiger partial charge in [0.2, 0.25) is 0 Å². The van der Waals surface area contributed by atoms with Crippen molar-refractivity contribution in [1.82, 2.24) is 9.97 Å². The third-order valence-corrected chi connectivity index (χ3v) is 1.21. The van der Waals surface area contributed by atoms with E-state index in [1.54, 1.807) is 0 Å². The molecule has 0 bridgehead atoms. The second-order valence-corrected chi connectivity index (χ2v) is 2.13. The molecular formula is C7H10KN2O. The number of aryl methyl sites for hydroxylation is 1. The molecule has 0 amide bonds. The van der Waals surface area contributed by atoms with E-state index in [0.717, 1.165) is 18.7 Å². The summed E-state index contributed by atoms with van der Waals surface area (Å²) in [6.45, 7) is 2.05. The van der Waals surface area contributed by atoms with Gasteiger partial charge in [0, 0.05) is 70.1 Å². The summed E-state index contributed by atoms with van der Waals surface area (Å²) < 4.78 is 0. The molecule has 0 fully saturated rings. The van der Waals surface area contributed by atoms with E-state index in [1.165, 1.54) is 12.3 Å². The first kappa shape index (κ1) is 11.5. The molecule has 4 heteroatoms. The molecule has 1 radical (unpaired) electrons. The second kappa shape index (κ2) is 6.08. The number of rotatable bonds is 2. The Balaban J connectivity index is 0.000001000. The summed E-state index contributed by atoms with van der Waals surface area (Å²) in [6, 6.07) is 1.42. The molecule has 1 aromatic rings. The van der Waals surface area contributed by atoms with Gasteiger partial charge in [-0.25, -0.2) is 4.98 Å². The first-order chi connectivity index (χ1) is 4.83. The molecule has 0 aliphatic carbocycles. The predicted octanol–water partition coefficient (Wildman–Crippen LogP) is 0.342. The van der Waals surface area contributed by atoms with E-state index < -0.39 is 0 Å². The minimum absolute atomic E-state index is 0. The van der Waals surface area contributed by atoms with Crippen LogP contribution in [0.1, 0.15) is 19.2 Å². The van der Waals surface area contributed by atoms with Crippen molar-refractivity contribution in [2.24, 2.45) is 0 Å². The quantitative estimate of drug-likeness (QED) is 0.662. The van der Waals surface area contributed by atoms with Gasteiger partial charge >= 0.3 is 0 Å². The molecule has 0 saturated heterocycles. The fourth-order valence-corrected chi connectivity index (χ4v) is 0.775. The van der Waals surface area contributed by atoms with Crippen molar-refractivity contribution in [1.29, 1.82) is 0 Å². The van der Waals surface area contributed by atoms with Crippen LogP contribution in [0.2, 0.25) is 0 Å². The minimum atomic E-state index is -0.0709. The van der Waals surface area contributed by atoms with Crippen LogP contribution in [-0.4, -0.2) is 61.4 Å². The zero-order chi connectivity index (χ0) is 7.40. The van der Waals surface area contributed by atoms with Crippen LogP contribution in [0.15, 0.2) is 17.1 Å². The molecule has 55 valence electrons. The molecule has 0 saturated carbocycles. The molecule has 1 N–H and O–H groups in total. The largest absolute Gasteiger partial charge is 0.311 e. The van der Waals surface area contributed by atoms with Gasteiger partial charge in [-0.3, -0.25) is 4.79 Å². The van der Waals surface area contributed by atoms with Crippen molar-refractivity contribution in [3.8, 4) is 0 Å². The molecular weight excluding hydrogens is 167 g/mol. The van der Waals surface area contributed by atoms with Crippen LogP contribution >= 0.6 is 0 Å². The van der Waals surface area contributed by atoms with Gasteiger partial charge in [0.25, 0.3) is 5.56 Å². The Morgan fingerprint density at radius 1 is 1.64 bits per heavy atom. The van der Waals surface area contributed by atoms with E-state index in [-0.39, 0.29) is 56.9 Å². The summed E-state index contributed by atoms with van der Waals surface area (Å²) in [5.74, 6) is 0.773. The normalized spacial score (nSPS) is 8.82. The molecule has 3 nitrogen and oxygen atoms in total. The fraction of sp³-hybridized carbons (Fsp3) is 0.429. The van der Waals surface area contributed by atoms with Gasteiger partial charge in [-0.1, -0.05) is 6.92 Å². The number of aromatic nitrogens is 2. The standard InChI is InChI=1S/C7H10N2O.K/c1-2-3-6-8-5-4-7(10)9-6;/h4-5H,2-3H2,1H3,(H,8,9,10);. The van der Waals surface area contributed by atoms with Gasteiger partial charge in [0.15, 0.2) is 0 Å². The van der Waals surface area contributed by atoms with Crippen LogP contribution in [0.5, 0.6) is 0 Å². The van der Waals surface area contributed by atoms with Crippen LogP contribution in [0, 0.1) is 0 Å². The minimum Gasteiger partial charge on any atom is -0.311 e.